The highest BCUT2D eigenvalue weighted by molar-refractivity contribution is 5.82. The third-order valence-electron chi connectivity index (χ3n) is 5.21. The van der Waals surface area contributed by atoms with Crippen molar-refractivity contribution in [3.8, 4) is 0 Å². The van der Waals surface area contributed by atoms with Crippen LogP contribution >= 0.6 is 0 Å². The van der Waals surface area contributed by atoms with Crippen LogP contribution in [0.2, 0.25) is 0 Å². The van der Waals surface area contributed by atoms with Crippen LogP contribution in [0.4, 0.5) is 0 Å². The predicted octanol–water partition coefficient (Wildman–Crippen LogP) is 1.77. The quantitative estimate of drug-likeness (QED) is 0.710. The van der Waals surface area contributed by atoms with E-state index < -0.39 is 0 Å². The van der Waals surface area contributed by atoms with Crippen LogP contribution in [0, 0.1) is 17.8 Å². The minimum absolute atomic E-state index is 0.214. The van der Waals surface area contributed by atoms with Crippen molar-refractivity contribution in [2.24, 2.45) is 17.8 Å². The number of carbonyl (C=O) groups excluding carboxylic acids is 1. The Hall–Kier alpha value is -0.410. The van der Waals surface area contributed by atoms with Gasteiger partial charge in [0.1, 0.15) is 11.7 Å². The Kier molecular flexibility index (Phi) is 4.08. The zero-order valence-corrected chi connectivity index (χ0v) is 13.5. The molecule has 3 nitrogen and oxygen atoms in total. The van der Waals surface area contributed by atoms with Gasteiger partial charge in [-0.15, -0.1) is 0 Å². The summed E-state index contributed by atoms with van der Waals surface area (Å²) in [6.45, 7) is 10.5. The number of hydrogen-bond acceptors (Lipinski definition) is 1. The van der Waals surface area contributed by atoms with Crippen LogP contribution in [0.25, 0.3) is 0 Å². The molecular formula is C16H32N2O+2. The van der Waals surface area contributed by atoms with Gasteiger partial charge in [-0.2, -0.15) is 0 Å². The first-order chi connectivity index (χ1) is 8.71. The lowest BCUT2D eigenvalue weighted by molar-refractivity contribution is -0.968. The van der Waals surface area contributed by atoms with Crippen molar-refractivity contribution in [2.75, 3.05) is 53.9 Å². The fourth-order valence-corrected chi connectivity index (χ4v) is 4.21. The average molecular weight is 268 g/mol. The van der Waals surface area contributed by atoms with E-state index in [2.05, 4.69) is 21.1 Å². The van der Waals surface area contributed by atoms with E-state index in [1.54, 1.807) is 0 Å². The molecule has 0 aromatic heterocycles. The Bertz CT molecular complexity index is 333. The van der Waals surface area contributed by atoms with E-state index in [0.717, 1.165) is 18.8 Å². The van der Waals surface area contributed by atoms with Gasteiger partial charge in [0.15, 0.2) is 0 Å². The molecule has 2 aliphatic rings. The minimum atomic E-state index is 0.214. The molecule has 0 unspecified atom stereocenters. The second kappa shape index (κ2) is 5.17. The molecule has 0 aromatic rings. The summed E-state index contributed by atoms with van der Waals surface area (Å²) in [6.07, 6.45) is 2.22. The number of ketones is 1. The van der Waals surface area contributed by atoms with Crippen molar-refractivity contribution in [3.63, 3.8) is 0 Å². The lowest BCUT2D eigenvalue weighted by Gasteiger charge is -2.49. The van der Waals surface area contributed by atoms with Gasteiger partial charge in [-0.25, -0.2) is 0 Å². The monoisotopic (exact) mass is 268 g/mol. The summed E-state index contributed by atoms with van der Waals surface area (Å²) in [4.78, 5) is 12.1. The summed E-state index contributed by atoms with van der Waals surface area (Å²) >= 11 is 0. The SMILES string of the molecule is CC(C)C(=O)C1CC[N+](C)(CC2C[N+](C)(C)C2)CC1. The number of quaternary nitrogens is 2. The van der Waals surface area contributed by atoms with Crippen LogP contribution in [0.15, 0.2) is 0 Å². The molecule has 2 rings (SSSR count). The summed E-state index contributed by atoms with van der Waals surface area (Å²) in [5.41, 5.74) is 0. The smallest absolute Gasteiger partial charge is 0.138 e. The fourth-order valence-electron chi connectivity index (χ4n) is 4.21. The minimum Gasteiger partial charge on any atom is -0.327 e. The zero-order chi connectivity index (χ0) is 14.3. The molecule has 3 heteroatoms. The number of rotatable bonds is 4. The second-order valence-corrected chi connectivity index (χ2v) is 8.25. The van der Waals surface area contributed by atoms with Gasteiger partial charge in [0, 0.05) is 24.7 Å². The van der Waals surface area contributed by atoms with Crippen LogP contribution in [0.1, 0.15) is 26.7 Å². The summed E-state index contributed by atoms with van der Waals surface area (Å²) in [5.74, 6) is 1.96. The summed E-state index contributed by atoms with van der Waals surface area (Å²) in [5, 5.41) is 0. The first-order valence-electron chi connectivity index (χ1n) is 7.90. The second-order valence-electron chi connectivity index (χ2n) is 8.25. The summed E-state index contributed by atoms with van der Waals surface area (Å²) in [6, 6.07) is 0. The normalized spacial score (nSPS) is 35.2. The Balaban J connectivity index is 1.80. The molecule has 0 saturated carbocycles. The molecule has 0 N–H and O–H groups in total. The molecule has 0 radical (unpaired) electrons. The lowest BCUT2D eigenvalue weighted by atomic mass is 9.85. The largest absolute Gasteiger partial charge is 0.327 e. The Labute approximate surface area is 118 Å². The average Bonchev–Trinajstić information content (AvgIpc) is 2.26. The van der Waals surface area contributed by atoms with E-state index in [4.69, 9.17) is 0 Å². The molecule has 0 aromatic carbocycles. The Morgan fingerprint density at radius 1 is 1.11 bits per heavy atom. The van der Waals surface area contributed by atoms with Crippen LogP contribution < -0.4 is 0 Å². The Morgan fingerprint density at radius 3 is 2.05 bits per heavy atom. The molecule has 0 atom stereocenters. The van der Waals surface area contributed by atoms with Crippen molar-refractivity contribution in [2.45, 2.75) is 26.7 Å². The number of likely N-dealkylation sites (tertiary alicyclic amines) is 2. The van der Waals surface area contributed by atoms with Crippen molar-refractivity contribution in [3.05, 3.63) is 0 Å². The summed E-state index contributed by atoms with van der Waals surface area (Å²) in [7, 11) is 7.04. The first kappa shape index (κ1) is 15.0. The van der Waals surface area contributed by atoms with Crippen molar-refractivity contribution in [1.82, 2.24) is 0 Å². The van der Waals surface area contributed by atoms with Gasteiger partial charge in [0.25, 0.3) is 0 Å². The van der Waals surface area contributed by atoms with Crippen LogP contribution in [0.5, 0.6) is 0 Å². The maximum Gasteiger partial charge on any atom is 0.138 e. The number of Topliss-reactive ketones (excluding diaryl/α,β-unsaturated/α-hetero) is 1. The van der Waals surface area contributed by atoms with Crippen molar-refractivity contribution in [1.29, 1.82) is 0 Å². The van der Waals surface area contributed by atoms with Gasteiger partial charge >= 0.3 is 0 Å². The van der Waals surface area contributed by atoms with Gasteiger partial charge in [0.2, 0.25) is 0 Å². The van der Waals surface area contributed by atoms with Gasteiger partial charge in [-0.05, 0) is 0 Å². The van der Waals surface area contributed by atoms with Gasteiger partial charge in [-0.3, -0.25) is 4.79 Å². The van der Waals surface area contributed by atoms with Gasteiger partial charge in [-0.1, -0.05) is 13.8 Å². The molecule has 2 fully saturated rings. The molecule has 2 saturated heterocycles. The number of piperidine rings is 1. The maximum atomic E-state index is 12.1. The van der Waals surface area contributed by atoms with E-state index in [-0.39, 0.29) is 5.92 Å². The highest BCUT2D eigenvalue weighted by Crippen LogP contribution is 2.29. The van der Waals surface area contributed by atoms with E-state index in [9.17, 15) is 4.79 Å². The first-order valence-corrected chi connectivity index (χ1v) is 7.90. The number of carbonyl (C=O) groups is 1. The maximum absolute atomic E-state index is 12.1. The van der Waals surface area contributed by atoms with Gasteiger partial charge < -0.3 is 8.97 Å². The number of nitrogens with zero attached hydrogens (tertiary/aromatic N) is 2. The Morgan fingerprint density at radius 2 is 1.63 bits per heavy atom. The third kappa shape index (κ3) is 3.57. The van der Waals surface area contributed by atoms with E-state index >= 15 is 0 Å². The summed E-state index contributed by atoms with van der Waals surface area (Å²) < 4.78 is 2.39. The van der Waals surface area contributed by atoms with Crippen LogP contribution in [-0.4, -0.2) is 68.6 Å². The molecular weight excluding hydrogens is 236 g/mol. The fraction of sp³-hybridized carbons (Fsp3) is 0.938. The highest BCUT2D eigenvalue weighted by atomic mass is 16.1. The molecule has 19 heavy (non-hydrogen) atoms. The molecule has 2 aliphatic heterocycles. The van der Waals surface area contributed by atoms with Crippen molar-refractivity contribution >= 4 is 5.78 Å². The standard InChI is InChI=1S/C16H32N2O/c1-13(2)16(19)15-6-8-18(5,9-7-15)12-14-10-17(3,4)11-14/h13-15H,6-12H2,1-5H3/q+2. The van der Waals surface area contributed by atoms with E-state index in [0.29, 0.717) is 11.7 Å². The molecule has 0 amide bonds. The molecule has 0 bridgehead atoms. The molecule has 110 valence electrons. The van der Waals surface area contributed by atoms with E-state index in [1.807, 2.05) is 13.8 Å². The predicted molar refractivity (Wildman–Crippen MR) is 78.7 cm³/mol. The molecule has 0 spiro atoms. The highest BCUT2D eigenvalue weighted by Gasteiger charge is 2.43. The van der Waals surface area contributed by atoms with E-state index in [1.165, 1.54) is 41.7 Å². The zero-order valence-electron chi connectivity index (χ0n) is 13.5. The molecule has 0 aliphatic carbocycles. The molecule has 2 heterocycles. The topological polar surface area (TPSA) is 17.1 Å². The third-order valence-corrected chi connectivity index (χ3v) is 5.21. The van der Waals surface area contributed by atoms with Gasteiger partial charge in [0.05, 0.1) is 53.9 Å². The number of hydrogen-bond donors (Lipinski definition) is 0. The van der Waals surface area contributed by atoms with Crippen LogP contribution in [0.3, 0.4) is 0 Å². The van der Waals surface area contributed by atoms with Crippen molar-refractivity contribution < 1.29 is 13.8 Å². The lowest BCUT2D eigenvalue weighted by Crippen LogP contribution is -2.64. The van der Waals surface area contributed by atoms with Crippen LogP contribution in [-0.2, 0) is 4.79 Å².